The van der Waals surface area contributed by atoms with E-state index in [0.717, 1.165) is 0 Å². The molecule has 2 rings (SSSR count). The Morgan fingerprint density at radius 2 is 1.94 bits per heavy atom. The van der Waals surface area contributed by atoms with Gasteiger partial charge in [0.2, 0.25) is 5.91 Å². The number of piperazine rings is 1. The molecule has 1 saturated carbocycles. The summed E-state index contributed by atoms with van der Waals surface area (Å²) < 4.78 is 0. The van der Waals surface area contributed by atoms with Crippen molar-refractivity contribution in [2.75, 3.05) is 33.2 Å². The molecule has 1 aliphatic heterocycles. The van der Waals surface area contributed by atoms with Gasteiger partial charge in [-0.05, 0) is 32.2 Å². The van der Waals surface area contributed by atoms with E-state index < -0.39 is 0 Å². The molecule has 0 aromatic rings. The first-order valence-electron chi connectivity index (χ1n) is 6.86. The van der Waals surface area contributed by atoms with Crippen LogP contribution in [0.15, 0.2) is 0 Å². The average Bonchev–Trinajstić information content (AvgIpc) is 2.29. The minimum Gasteiger partial charge on any atom is -0.370 e. The lowest BCUT2D eigenvalue weighted by atomic mass is 9.82. The number of hydrogen-bond donors (Lipinski definition) is 1. The third kappa shape index (κ3) is 3.68. The lowest BCUT2D eigenvalue weighted by molar-refractivity contribution is -0.119. The van der Waals surface area contributed by atoms with Crippen molar-refractivity contribution in [1.29, 1.82) is 0 Å². The molecule has 0 aromatic heterocycles. The minimum absolute atomic E-state index is 0.131. The van der Waals surface area contributed by atoms with Gasteiger partial charge in [-0.3, -0.25) is 9.69 Å². The maximum Gasteiger partial charge on any atom is 0.217 e. The summed E-state index contributed by atoms with van der Waals surface area (Å²) in [6, 6.07) is 0.696. The topological polar surface area (TPSA) is 49.6 Å². The molecule has 1 aliphatic carbocycles. The zero-order valence-electron chi connectivity index (χ0n) is 10.9. The van der Waals surface area contributed by atoms with E-state index in [2.05, 4.69) is 16.8 Å². The summed E-state index contributed by atoms with van der Waals surface area (Å²) in [6.45, 7) is 4.73. The Bertz CT molecular complexity index is 261. The van der Waals surface area contributed by atoms with Crippen molar-refractivity contribution in [2.45, 2.75) is 38.1 Å². The van der Waals surface area contributed by atoms with Crippen molar-refractivity contribution in [2.24, 2.45) is 11.7 Å². The minimum atomic E-state index is -0.131. The first-order valence-corrected chi connectivity index (χ1v) is 6.86. The Labute approximate surface area is 104 Å². The van der Waals surface area contributed by atoms with E-state index in [1.54, 1.807) is 0 Å². The first-order chi connectivity index (χ1) is 8.15. The molecule has 0 unspecified atom stereocenters. The molecule has 1 saturated heterocycles. The zero-order valence-corrected chi connectivity index (χ0v) is 10.9. The summed E-state index contributed by atoms with van der Waals surface area (Å²) in [5, 5.41) is 0. The number of nitrogens with zero attached hydrogens (tertiary/aromatic N) is 2. The van der Waals surface area contributed by atoms with Gasteiger partial charge in [0.25, 0.3) is 0 Å². The van der Waals surface area contributed by atoms with E-state index in [0.29, 0.717) is 18.4 Å². The predicted octanol–water partition coefficient (Wildman–Crippen LogP) is 0.668. The molecule has 17 heavy (non-hydrogen) atoms. The molecular formula is C13H25N3O. The van der Waals surface area contributed by atoms with E-state index in [9.17, 15) is 4.79 Å². The van der Waals surface area contributed by atoms with Crippen LogP contribution in [-0.2, 0) is 4.79 Å². The molecule has 2 N–H and O–H groups in total. The second kappa shape index (κ2) is 5.83. The quantitative estimate of drug-likeness (QED) is 0.787. The van der Waals surface area contributed by atoms with Gasteiger partial charge in [0.15, 0.2) is 0 Å². The van der Waals surface area contributed by atoms with Crippen molar-refractivity contribution in [3.05, 3.63) is 0 Å². The number of primary amides is 1. The molecule has 4 nitrogen and oxygen atoms in total. The summed E-state index contributed by atoms with van der Waals surface area (Å²) >= 11 is 0. The van der Waals surface area contributed by atoms with Crippen LogP contribution in [0.5, 0.6) is 0 Å². The Morgan fingerprint density at radius 1 is 1.24 bits per heavy atom. The molecule has 98 valence electrons. The van der Waals surface area contributed by atoms with Gasteiger partial charge in [0, 0.05) is 38.6 Å². The largest absolute Gasteiger partial charge is 0.370 e. The maximum absolute atomic E-state index is 11.0. The number of likely N-dealkylation sites (N-methyl/N-ethyl adjacent to an activating group) is 1. The standard InChI is InChI=1S/C13H25N3O/c1-15-5-7-16(8-6-15)12-4-2-3-11(9-12)10-13(14)17/h11-12H,2-10H2,1H3,(H2,14,17)/t11-,12+/m0/s1. The van der Waals surface area contributed by atoms with Gasteiger partial charge in [0.1, 0.15) is 0 Å². The Balaban J connectivity index is 1.82. The van der Waals surface area contributed by atoms with Gasteiger partial charge in [-0.15, -0.1) is 0 Å². The molecule has 0 aromatic carbocycles. The highest BCUT2D eigenvalue weighted by molar-refractivity contribution is 5.73. The number of carbonyl (C=O) groups is 1. The fourth-order valence-corrected chi connectivity index (χ4v) is 3.25. The summed E-state index contributed by atoms with van der Waals surface area (Å²) in [7, 11) is 2.19. The van der Waals surface area contributed by atoms with E-state index in [4.69, 9.17) is 5.73 Å². The van der Waals surface area contributed by atoms with Crippen LogP contribution in [0.4, 0.5) is 0 Å². The van der Waals surface area contributed by atoms with E-state index in [-0.39, 0.29) is 5.91 Å². The third-order valence-electron chi connectivity index (χ3n) is 4.30. The van der Waals surface area contributed by atoms with E-state index in [1.165, 1.54) is 51.9 Å². The van der Waals surface area contributed by atoms with Crippen LogP contribution in [0.25, 0.3) is 0 Å². The van der Waals surface area contributed by atoms with Crippen LogP contribution < -0.4 is 5.73 Å². The van der Waals surface area contributed by atoms with Crippen LogP contribution in [0.3, 0.4) is 0 Å². The lowest BCUT2D eigenvalue weighted by Crippen LogP contribution is -2.50. The predicted molar refractivity (Wildman–Crippen MR) is 68.6 cm³/mol. The van der Waals surface area contributed by atoms with E-state index >= 15 is 0 Å². The van der Waals surface area contributed by atoms with Crippen molar-refractivity contribution in [3.63, 3.8) is 0 Å². The second-order valence-electron chi connectivity index (χ2n) is 5.70. The number of hydrogen-bond acceptors (Lipinski definition) is 3. The molecule has 2 fully saturated rings. The van der Waals surface area contributed by atoms with Crippen LogP contribution in [-0.4, -0.2) is 55.0 Å². The number of amides is 1. The van der Waals surface area contributed by atoms with E-state index in [1.807, 2.05) is 0 Å². The number of carbonyl (C=O) groups excluding carboxylic acids is 1. The van der Waals surface area contributed by atoms with Crippen molar-refractivity contribution in [3.8, 4) is 0 Å². The third-order valence-corrected chi connectivity index (χ3v) is 4.30. The highest BCUT2D eigenvalue weighted by Gasteiger charge is 2.28. The average molecular weight is 239 g/mol. The second-order valence-corrected chi connectivity index (χ2v) is 5.70. The molecule has 2 atom stereocenters. The molecule has 1 amide bonds. The summed E-state index contributed by atoms with van der Waals surface area (Å²) in [5.41, 5.74) is 5.31. The van der Waals surface area contributed by atoms with Gasteiger partial charge in [-0.2, -0.15) is 0 Å². The van der Waals surface area contributed by atoms with Gasteiger partial charge in [-0.1, -0.05) is 6.42 Å². The summed E-state index contributed by atoms with van der Waals surface area (Å²) in [5.74, 6) is 0.403. The Kier molecular flexibility index (Phi) is 4.40. The summed E-state index contributed by atoms with van der Waals surface area (Å²) in [6.07, 6.45) is 5.51. The molecular weight excluding hydrogens is 214 g/mol. The van der Waals surface area contributed by atoms with Crippen molar-refractivity contribution < 1.29 is 4.79 Å². The zero-order chi connectivity index (χ0) is 12.3. The molecule has 0 bridgehead atoms. The smallest absolute Gasteiger partial charge is 0.217 e. The van der Waals surface area contributed by atoms with Crippen LogP contribution in [0.2, 0.25) is 0 Å². The fourth-order valence-electron chi connectivity index (χ4n) is 3.25. The monoisotopic (exact) mass is 239 g/mol. The lowest BCUT2D eigenvalue weighted by Gasteiger charge is -2.41. The SMILES string of the molecule is CN1CCN([C@@H]2CCC[C@H](CC(N)=O)C2)CC1. The van der Waals surface area contributed by atoms with Gasteiger partial charge in [0.05, 0.1) is 0 Å². The van der Waals surface area contributed by atoms with Gasteiger partial charge < -0.3 is 10.6 Å². The van der Waals surface area contributed by atoms with Crippen molar-refractivity contribution >= 4 is 5.91 Å². The van der Waals surface area contributed by atoms with Crippen molar-refractivity contribution in [1.82, 2.24) is 9.80 Å². The molecule has 2 aliphatic rings. The number of nitrogens with two attached hydrogens (primary N) is 1. The molecule has 0 radical (unpaired) electrons. The molecule has 0 spiro atoms. The normalized spacial score (nSPS) is 32.5. The van der Waals surface area contributed by atoms with Gasteiger partial charge in [-0.25, -0.2) is 0 Å². The first kappa shape index (κ1) is 12.8. The molecule has 1 heterocycles. The fraction of sp³-hybridized carbons (Fsp3) is 0.923. The highest BCUT2D eigenvalue weighted by atomic mass is 16.1. The summed E-state index contributed by atoms with van der Waals surface area (Å²) in [4.78, 5) is 16.0. The Morgan fingerprint density at radius 3 is 2.59 bits per heavy atom. The highest BCUT2D eigenvalue weighted by Crippen LogP contribution is 2.30. The van der Waals surface area contributed by atoms with Gasteiger partial charge >= 0.3 is 0 Å². The molecule has 4 heteroatoms. The Hall–Kier alpha value is -0.610. The number of rotatable bonds is 3. The van der Waals surface area contributed by atoms with Crippen LogP contribution >= 0.6 is 0 Å². The maximum atomic E-state index is 11.0. The van der Waals surface area contributed by atoms with Crippen LogP contribution in [0.1, 0.15) is 32.1 Å². The van der Waals surface area contributed by atoms with Crippen LogP contribution in [0, 0.1) is 5.92 Å².